The molecule has 0 radical (unpaired) electrons. The molecule has 5 rings (SSSR count). The second-order valence-electron chi connectivity index (χ2n) is 6.88. The maximum absolute atomic E-state index is 13.3. The van der Waals surface area contributed by atoms with Crippen molar-refractivity contribution in [2.75, 3.05) is 18.0 Å². The number of amides is 1. The molecule has 0 spiro atoms. The van der Waals surface area contributed by atoms with Crippen LogP contribution in [0.3, 0.4) is 0 Å². The Labute approximate surface area is 187 Å². The number of fused-ring (bicyclic) bond motifs is 2. The fourth-order valence-corrected chi connectivity index (χ4v) is 6.94. The van der Waals surface area contributed by atoms with Crippen molar-refractivity contribution in [3.63, 3.8) is 0 Å². The van der Waals surface area contributed by atoms with Crippen LogP contribution in [0.1, 0.15) is 18.9 Å². The zero-order valence-corrected chi connectivity index (χ0v) is 19.3. The smallest absolute Gasteiger partial charge is 0.269 e. The number of aliphatic imine (C=N–C) groups is 1. The molecule has 0 bridgehead atoms. The molecule has 1 fully saturated rings. The Balaban J connectivity index is 1.54. The van der Waals surface area contributed by atoms with Gasteiger partial charge in [0, 0.05) is 18.0 Å². The molecule has 30 heavy (non-hydrogen) atoms. The number of thioether (sulfide) groups is 2. The summed E-state index contributed by atoms with van der Waals surface area (Å²) in [7, 11) is 0. The van der Waals surface area contributed by atoms with Crippen LogP contribution in [0.4, 0.5) is 11.4 Å². The first-order valence-electron chi connectivity index (χ1n) is 9.83. The van der Waals surface area contributed by atoms with Gasteiger partial charge < -0.3 is 4.90 Å². The molecule has 1 amide bonds. The monoisotopic (exact) mass is 452 g/mol. The van der Waals surface area contributed by atoms with Gasteiger partial charge in [0.2, 0.25) is 0 Å². The van der Waals surface area contributed by atoms with Crippen LogP contribution in [-0.4, -0.2) is 34.0 Å². The van der Waals surface area contributed by atoms with Gasteiger partial charge in [-0.25, -0.2) is 9.98 Å². The van der Waals surface area contributed by atoms with Crippen LogP contribution in [0.5, 0.6) is 0 Å². The van der Waals surface area contributed by atoms with Crippen LogP contribution < -0.4 is 4.90 Å². The average molecular weight is 453 g/mol. The lowest BCUT2D eigenvalue weighted by Crippen LogP contribution is -2.29. The summed E-state index contributed by atoms with van der Waals surface area (Å²) in [6.45, 7) is 7.52. The standard InChI is InChI=1S/C22H20N4OS3/c1-4-25-16-8-6-7-9-17(16)29-21(25)19-20(27)26(5-2)22(30-19)24-14-10-11-15-18(12-14)28-13(3)23-15/h6-12H,4-5H2,1-3H3/b21-19-,24-22?. The normalized spacial score (nSPS) is 20.1. The summed E-state index contributed by atoms with van der Waals surface area (Å²) in [4.78, 5) is 28.6. The maximum Gasteiger partial charge on any atom is 0.269 e. The van der Waals surface area contributed by atoms with Crippen LogP contribution in [0.2, 0.25) is 0 Å². The lowest BCUT2D eigenvalue weighted by molar-refractivity contribution is -0.122. The van der Waals surface area contributed by atoms with E-state index in [1.54, 1.807) is 28.0 Å². The zero-order chi connectivity index (χ0) is 20.8. The number of aromatic nitrogens is 1. The van der Waals surface area contributed by atoms with E-state index < -0.39 is 0 Å². The Morgan fingerprint density at radius 3 is 2.63 bits per heavy atom. The number of carbonyl (C=O) groups excluding carboxylic acids is 1. The van der Waals surface area contributed by atoms with Gasteiger partial charge in [0.25, 0.3) is 5.91 Å². The van der Waals surface area contributed by atoms with E-state index in [1.807, 2.05) is 38.1 Å². The van der Waals surface area contributed by atoms with E-state index >= 15 is 0 Å². The highest BCUT2D eigenvalue weighted by molar-refractivity contribution is 8.19. The Morgan fingerprint density at radius 1 is 1.03 bits per heavy atom. The van der Waals surface area contributed by atoms with Gasteiger partial charge in [-0.1, -0.05) is 23.9 Å². The van der Waals surface area contributed by atoms with Gasteiger partial charge in [0.05, 0.1) is 26.6 Å². The Hall–Kier alpha value is -2.29. The Kier molecular flexibility index (Phi) is 5.08. The number of aryl methyl sites for hydroxylation is 1. The highest BCUT2D eigenvalue weighted by Gasteiger charge is 2.38. The Bertz CT molecular complexity index is 1230. The summed E-state index contributed by atoms with van der Waals surface area (Å²) in [5, 5.41) is 2.78. The van der Waals surface area contributed by atoms with Gasteiger partial charge in [-0.05, 0) is 62.9 Å². The fraction of sp³-hybridized carbons (Fsp3) is 0.227. The summed E-state index contributed by atoms with van der Waals surface area (Å²) in [5.74, 6) is 0.0321. The summed E-state index contributed by atoms with van der Waals surface area (Å²) in [6, 6.07) is 14.3. The molecule has 1 aromatic heterocycles. The second kappa shape index (κ2) is 7.76. The zero-order valence-electron chi connectivity index (χ0n) is 16.9. The molecule has 0 aliphatic carbocycles. The van der Waals surface area contributed by atoms with Crippen LogP contribution in [-0.2, 0) is 4.79 Å². The second-order valence-corrected chi connectivity index (χ2v) is 10.1. The van der Waals surface area contributed by atoms with Gasteiger partial charge >= 0.3 is 0 Å². The van der Waals surface area contributed by atoms with Crippen molar-refractivity contribution >= 4 is 67.5 Å². The van der Waals surface area contributed by atoms with E-state index in [9.17, 15) is 4.79 Å². The third kappa shape index (κ3) is 3.23. The number of hydrogen-bond acceptors (Lipinski definition) is 7. The minimum Gasteiger partial charge on any atom is -0.334 e. The van der Waals surface area contributed by atoms with Crippen molar-refractivity contribution < 1.29 is 4.79 Å². The largest absolute Gasteiger partial charge is 0.334 e. The average Bonchev–Trinajstić information content (AvgIpc) is 3.39. The van der Waals surface area contributed by atoms with E-state index in [0.29, 0.717) is 6.54 Å². The summed E-state index contributed by atoms with van der Waals surface area (Å²) in [5.41, 5.74) is 3.01. The number of likely N-dealkylation sites (N-methyl/N-ethyl adjacent to an activating group) is 1. The first-order valence-corrected chi connectivity index (χ1v) is 12.3. The number of amidine groups is 1. The lowest BCUT2D eigenvalue weighted by Gasteiger charge is -2.19. The first-order chi connectivity index (χ1) is 14.6. The van der Waals surface area contributed by atoms with E-state index in [4.69, 9.17) is 4.99 Å². The number of anilines is 1. The summed E-state index contributed by atoms with van der Waals surface area (Å²) in [6.07, 6.45) is 0. The van der Waals surface area contributed by atoms with E-state index in [0.717, 1.165) is 42.6 Å². The maximum atomic E-state index is 13.3. The van der Waals surface area contributed by atoms with Crippen LogP contribution >= 0.6 is 34.9 Å². The number of rotatable bonds is 3. The molecular weight excluding hydrogens is 432 g/mol. The van der Waals surface area contributed by atoms with Gasteiger partial charge in [-0.3, -0.25) is 9.69 Å². The lowest BCUT2D eigenvalue weighted by atomic mass is 10.3. The quantitative estimate of drug-likeness (QED) is 0.457. The molecule has 152 valence electrons. The molecule has 0 saturated carbocycles. The third-order valence-corrected chi connectivity index (χ3v) is 8.31. The molecule has 0 N–H and O–H groups in total. The molecule has 2 aliphatic heterocycles. The van der Waals surface area contributed by atoms with E-state index in [1.165, 1.54) is 22.3 Å². The Morgan fingerprint density at radius 2 is 1.83 bits per heavy atom. The third-order valence-electron chi connectivity index (χ3n) is 5.00. The van der Waals surface area contributed by atoms with Gasteiger partial charge in [0.1, 0.15) is 9.93 Å². The van der Waals surface area contributed by atoms with E-state index in [2.05, 4.69) is 35.0 Å². The SMILES string of the molecule is CCN1C(=O)/C(=C2/Sc3ccccc3N2CC)SC1=Nc1ccc2nc(C)sc2c1. The van der Waals surface area contributed by atoms with Crippen LogP contribution in [0.15, 0.2) is 62.3 Å². The van der Waals surface area contributed by atoms with Gasteiger partial charge in [-0.15, -0.1) is 11.3 Å². The topological polar surface area (TPSA) is 48.8 Å². The van der Waals surface area contributed by atoms with Crippen molar-refractivity contribution in [2.24, 2.45) is 4.99 Å². The van der Waals surface area contributed by atoms with Crippen molar-refractivity contribution in [2.45, 2.75) is 25.7 Å². The number of hydrogen-bond donors (Lipinski definition) is 0. The first kappa shape index (κ1) is 19.7. The number of para-hydroxylation sites is 1. The van der Waals surface area contributed by atoms with Crippen molar-refractivity contribution in [3.05, 3.63) is 57.4 Å². The molecule has 8 heteroatoms. The molecule has 2 aromatic carbocycles. The van der Waals surface area contributed by atoms with E-state index in [-0.39, 0.29) is 5.91 Å². The molecular formula is C22H20N4OS3. The summed E-state index contributed by atoms with van der Waals surface area (Å²) < 4.78 is 1.12. The predicted molar refractivity (Wildman–Crippen MR) is 129 cm³/mol. The number of nitrogens with zero attached hydrogens (tertiary/aromatic N) is 4. The minimum absolute atomic E-state index is 0.0321. The number of benzene rings is 2. The molecule has 3 heterocycles. The summed E-state index contributed by atoms with van der Waals surface area (Å²) >= 11 is 4.81. The molecule has 0 unspecified atom stereocenters. The van der Waals surface area contributed by atoms with Crippen molar-refractivity contribution in [1.29, 1.82) is 0 Å². The van der Waals surface area contributed by atoms with Crippen molar-refractivity contribution in [1.82, 2.24) is 9.88 Å². The highest BCUT2D eigenvalue weighted by atomic mass is 32.2. The van der Waals surface area contributed by atoms with Crippen LogP contribution in [0, 0.1) is 6.92 Å². The molecule has 1 saturated heterocycles. The fourth-order valence-electron chi connectivity index (χ4n) is 3.62. The molecule has 5 nitrogen and oxygen atoms in total. The van der Waals surface area contributed by atoms with Gasteiger partial charge in [-0.2, -0.15) is 0 Å². The van der Waals surface area contributed by atoms with Crippen LogP contribution in [0.25, 0.3) is 10.2 Å². The highest BCUT2D eigenvalue weighted by Crippen LogP contribution is 2.50. The molecule has 0 atom stereocenters. The molecule has 2 aliphatic rings. The number of thiazole rings is 1. The molecule has 3 aromatic rings. The van der Waals surface area contributed by atoms with Crippen molar-refractivity contribution in [3.8, 4) is 0 Å². The predicted octanol–water partition coefficient (Wildman–Crippen LogP) is 5.99. The minimum atomic E-state index is 0.0321. The van der Waals surface area contributed by atoms with Gasteiger partial charge in [0.15, 0.2) is 5.17 Å². The number of carbonyl (C=O) groups is 1.